The van der Waals surface area contributed by atoms with Gasteiger partial charge in [0.1, 0.15) is 0 Å². The predicted molar refractivity (Wildman–Crippen MR) is 19.3 cm³/mol. The molecule has 0 saturated carbocycles. The normalized spacial score (nSPS) is 2.40. The van der Waals surface area contributed by atoms with E-state index in [4.69, 9.17) is 29.2 Å². The summed E-state index contributed by atoms with van der Waals surface area (Å²) in [5.74, 6) is 0. The quantitative estimate of drug-likeness (QED) is 0.405. The van der Waals surface area contributed by atoms with Gasteiger partial charge in [-0.2, -0.15) is 0 Å². The Morgan fingerprint density at radius 1 is 0.700 bits per heavy atom. The van der Waals surface area contributed by atoms with Crippen LogP contribution in [-0.4, -0.2) is 22.1 Å². The summed E-state index contributed by atoms with van der Waals surface area (Å²) < 4.78 is 24.8. The first-order valence-corrected chi connectivity index (χ1v) is 1.41. The molecule has 0 bridgehead atoms. The van der Waals surface area contributed by atoms with Crippen LogP contribution in [0.1, 0.15) is 0 Å². The van der Waals surface area contributed by atoms with Crippen molar-refractivity contribution in [1.29, 1.82) is 0 Å². The minimum Gasteiger partial charge on any atom is 3.00 e. The van der Waals surface area contributed by atoms with E-state index in [0.717, 1.165) is 0 Å². The van der Waals surface area contributed by atoms with Gasteiger partial charge >= 0.3 is 93.0 Å². The monoisotopic (exact) mass is 269 g/mol. The Labute approximate surface area is 92.3 Å². The van der Waals surface area contributed by atoms with E-state index in [2.05, 4.69) is 0 Å². The van der Waals surface area contributed by atoms with Crippen molar-refractivity contribution in [3.05, 3.63) is 0 Å². The van der Waals surface area contributed by atoms with E-state index in [1.807, 2.05) is 0 Å². The summed E-state index contributed by atoms with van der Waals surface area (Å²) >= 11 is 0. The van der Waals surface area contributed by atoms with Crippen molar-refractivity contribution in [2.75, 3.05) is 0 Å². The van der Waals surface area contributed by atoms with Gasteiger partial charge in [-0.05, 0) is 0 Å². The molecule has 0 unspecified atom stereocenters. The second kappa shape index (κ2) is 57.8. The zero-order valence-corrected chi connectivity index (χ0v) is 7.82. The molecule has 0 aliphatic rings. The van der Waals surface area contributed by atoms with Gasteiger partial charge in [0.15, 0.2) is 0 Å². The molecule has 0 aliphatic carbocycles. The van der Waals surface area contributed by atoms with Crippen LogP contribution in [0.3, 0.4) is 0 Å². The zero-order chi connectivity index (χ0) is 8.12. The molecule has 0 N–H and O–H groups in total. The van der Waals surface area contributed by atoms with Crippen LogP contribution < -0.4 is 15.1 Å². The van der Waals surface area contributed by atoms with Crippen LogP contribution in [0.25, 0.3) is 0 Å². The van der Waals surface area contributed by atoms with Crippen molar-refractivity contribution in [2.45, 2.75) is 0 Å². The molecule has 0 aliphatic heterocycles. The Morgan fingerprint density at radius 2 is 0.700 bits per heavy atom. The van der Waals surface area contributed by atoms with Gasteiger partial charge in [-0.1, -0.05) is 0 Å². The Bertz CT molecular complexity index is 49.7. The van der Waals surface area contributed by atoms with Crippen molar-refractivity contribution >= 4 is 22.1 Å². The molecule has 0 rings (SSSR count). The SMILES string of the molecule is O=B[O-].O=B[O-].O=B[O-].[Ce+3]. The average molecular weight is 269 g/mol. The third kappa shape index (κ3) is 3300. The fourth-order valence-electron chi connectivity index (χ4n) is 0. The molecule has 49 valence electrons. The fraction of sp³-hybridized carbons (Fsp3) is 0. The summed E-state index contributed by atoms with van der Waals surface area (Å²) in [5.41, 5.74) is 0. The first-order valence-electron chi connectivity index (χ1n) is 1.41. The average Bonchev–Trinajstić information content (AvgIpc) is 1.70. The number of hydrogen-bond acceptors (Lipinski definition) is 6. The summed E-state index contributed by atoms with van der Waals surface area (Å²) in [7, 11) is -1.50. The van der Waals surface area contributed by atoms with Crippen LogP contribution in [0.2, 0.25) is 0 Å². The maximum atomic E-state index is 8.25. The number of hydrogen-bond donors (Lipinski definition) is 0. The zero-order valence-electron chi connectivity index (χ0n) is 4.68. The third-order valence-electron chi connectivity index (χ3n) is 0. The summed E-state index contributed by atoms with van der Waals surface area (Å²) in [4.78, 5) is 0. The first kappa shape index (κ1) is 22.4. The molecule has 0 heterocycles. The van der Waals surface area contributed by atoms with E-state index in [0.29, 0.717) is 0 Å². The van der Waals surface area contributed by atoms with Gasteiger partial charge in [0.25, 0.3) is 0 Å². The van der Waals surface area contributed by atoms with Crippen molar-refractivity contribution in [3.63, 3.8) is 0 Å². The summed E-state index contributed by atoms with van der Waals surface area (Å²) in [6, 6.07) is 0. The van der Waals surface area contributed by atoms with Gasteiger partial charge in [0.2, 0.25) is 0 Å². The Kier molecular flexibility index (Phi) is 130. The van der Waals surface area contributed by atoms with Crippen molar-refractivity contribution in [3.8, 4) is 0 Å². The molecular formula is B3CeO6. The minimum atomic E-state index is -0.500. The van der Waals surface area contributed by atoms with E-state index in [1.165, 1.54) is 0 Å². The molecular weight excluding hydrogens is 269 g/mol. The molecule has 0 amide bonds. The minimum absolute atomic E-state index is 0. The molecule has 0 fully saturated rings. The smallest absolute Gasteiger partial charge is 3.00 e. The fourth-order valence-corrected chi connectivity index (χ4v) is 0. The van der Waals surface area contributed by atoms with Crippen molar-refractivity contribution in [1.82, 2.24) is 0 Å². The molecule has 0 spiro atoms. The van der Waals surface area contributed by atoms with Gasteiger partial charge < -0.3 is 0 Å². The molecule has 1 radical (unpaired) electrons. The molecule has 0 aromatic heterocycles. The van der Waals surface area contributed by atoms with Crippen molar-refractivity contribution < 1.29 is 70.9 Å². The van der Waals surface area contributed by atoms with Crippen LogP contribution in [-0.2, 0) is 14.1 Å². The van der Waals surface area contributed by atoms with Crippen LogP contribution >= 0.6 is 0 Å². The van der Waals surface area contributed by atoms with Gasteiger partial charge in [0.05, 0.1) is 0 Å². The summed E-state index contributed by atoms with van der Waals surface area (Å²) in [5, 5.41) is 24.8. The molecule has 6 nitrogen and oxygen atoms in total. The maximum Gasteiger partial charge on any atom is 3.00 e. The number of rotatable bonds is 0. The van der Waals surface area contributed by atoms with E-state index in [1.54, 1.807) is 0 Å². The standard InChI is InChI=1S/3BO2.Ce/c3*2-1-3;/q3*-1;+3. The van der Waals surface area contributed by atoms with Gasteiger partial charge in [-0.25, -0.2) is 0 Å². The van der Waals surface area contributed by atoms with Crippen molar-refractivity contribution in [2.24, 2.45) is 0 Å². The Hall–Kier alpha value is 0.371. The molecule has 0 saturated heterocycles. The molecule has 10 heavy (non-hydrogen) atoms. The van der Waals surface area contributed by atoms with Gasteiger partial charge in [0, 0.05) is 0 Å². The second-order valence-electron chi connectivity index (χ2n) is 0.289. The van der Waals surface area contributed by atoms with Gasteiger partial charge in [-0.3, -0.25) is 0 Å². The molecule has 0 aromatic carbocycles. The third-order valence-corrected chi connectivity index (χ3v) is 0. The van der Waals surface area contributed by atoms with E-state index >= 15 is 0 Å². The predicted octanol–water partition coefficient (Wildman–Crippen LogP) is -5.07. The van der Waals surface area contributed by atoms with Crippen LogP contribution in [0.15, 0.2) is 0 Å². The van der Waals surface area contributed by atoms with Gasteiger partial charge in [-0.15, -0.1) is 0 Å². The molecule has 10 heteroatoms. The first-order chi connectivity index (χ1) is 4.24. The van der Waals surface area contributed by atoms with E-state index < -0.39 is 22.1 Å². The summed E-state index contributed by atoms with van der Waals surface area (Å²) in [6.07, 6.45) is 0. The Balaban J connectivity index is -0.0000000257. The van der Waals surface area contributed by atoms with Crippen LogP contribution in [0.4, 0.5) is 0 Å². The molecule has 0 atom stereocenters. The van der Waals surface area contributed by atoms with E-state index in [9.17, 15) is 0 Å². The van der Waals surface area contributed by atoms with Crippen LogP contribution in [0, 0.1) is 41.7 Å². The summed E-state index contributed by atoms with van der Waals surface area (Å²) in [6.45, 7) is 0. The van der Waals surface area contributed by atoms with Crippen LogP contribution in [0.5, 0.6) is 0 Å². The maximum absolute atomic E-state index is 8.25. The van der Waals surface area contributed by atoms with E-state index in [-0.39, 0.29) is 41.7 Å². The molecule has 0 aromatic rings. The topological polar surface area (TPSA) is 120 Å². The Morgan fingerprint density at radius 3 is 0.700 bits per heavy atom. The largest absolute Gasteiger partial charge is 3.00 e. The second-order valence-corrected chi connectivity index (χ2v) is 0.289.